The first-order valence-electron chi connectivity index (χ1n) is 10.9. The Labute approximate surface area is 208 Å². The quantitative estimate of drug-likeness (QED) is 0.379. The van der Waals surface area contributed by atoms with Crippen molar-refractivity contribution < 1.29 is 19.1 Å². The van der Waals surface area contributed by atoms with E-state index in [9.17, 15) is 9.59 Å². The van der Waals surface area contributed by atoms with Crippen LogP contribution in [0.3, 0.4) is 0 Å². The largest absolute Gasteiger partial charge is 0.486 e. The fraction of sp³-hybridized carbons (Fsp3) is 0.360. The first kappa shape index (κ1) is 25.6. The highest BCUT2D eigenvalue weighted by Crippen LogP contribution is 2.28. The van der Waals surface area contributed by atoms with Crippen molar-refractivity contribution in [3.05, 3.63) is 68.9 Å². The lowest BCUT2D eigenvalue weighted by atomic mass is 10.1. The SMILES string of the molecule is CC(C)c1csc(COc2ccc(Cl)c(NC(=O)Cc3ncccc3C(=O)OC(C)(C)C)c2)n1. The Morgan fingerprint density at radius 2 is 1.97 bits per heavy atom. The molecule has 34 heavy (non-hydrogen) atoms. The predicted octanol–water partition coefficient (Wildman–Crippen LogP) is 6.03. The highest BCUT2D eigenvalue weighted by Gasteiger charge is 2.22. The molecule has 0 aliphatic carbocycles. The Hall–Kier alpha value is -2.97. The average Bonchev–Trinajstić information content (AvgIpc) is 3.23. The second-order valence-electron chi connectivity index (χ2n) is 8.98. The highest BCUT2D eigenvalue weighted by molar-refractivity contribution is 7.09. The molecule has 7 nitrogen and oxygen atoms in total. The van der Waals surface area contributed by atoms with E-state index in [-0.39, 0.29) is 17.9 Å². The van der Waals surface area contributed by atoms with E-state index in [1.54, 1.807) is 62.4 Å². The fourth-order valence-electron chi connectivity index (χ4n) is 2.94. The molecule has 3 aromatic rings. The third-order valence-corrected chi connectivity index (χ3v) is 5.74. The molecule has 0 atom stereocenters. The van der Waals surface area contributed by atoms with E-state index in [4.69, 9.17) is 21.1 Å². The van der Waals surface area contributed by atoms with Crippen LogP contribution >= 0.6 is 22.9 Å². The molecular weight excluding hydrogens is 474 g/mol. The molecule has 180 valence electrons. The maximum absolute atomic E-state index is 12.7. The van der Waals surface area contributed by atoms with Crippen LogP contribution in [-0.2, 0) is 22.6 Å². The van der Waals surface area contributed by atoms with Crippen LogP contribution in [0.25, 0.3) is 0 Å². The number of carbonyl (C=O) groups is 2. The Kier molecular flexibility index (Phi) is 8.28. The standard InChI is InChI=1S/C25H28ClN3O4S/c1-15(2)21-14-34-23(29-21)13-32-16-8-9-18(26)20(11-16)28-22(30)12-19-17(7-6-10-27-19)24(31)33-25(3,4)5/h6-11,14-15H,12-13H2,1-5H3,(H,28,30). The number of hydrogen-bond donors (Lipinski definition) is 1. The molecule has 1 amide bonds. The zero-order valence-electron chi connectivity index (χ0n) is 19.8. The second kappa shape index (κ2) is 11.0. The minimum atomic E-state index is -0.657. The normalized spacial score (nSPS) is 11.4. The Morgan fingerprint density at radius 3 is 2.65 bits per heavy atom. The summed E-state index contributed by atoms with van der Waals surface area (Å²) in [6, 6.07) is 8.26. The number of esters is 1. The van der Waals surface area contributed by atoms with Crippen molar-refractivity contribution in [1.29, 1.82) is 0 Å². The molecule has 3 rings (SSSR count). The Morgan fingerprint density at radius 1 is 1.21 bits per heavy atom. The molecule has 0 aliphatic heterocycles. The van der Waals surface area contributed by atoms with Gasteiger partial charge < -0.3 is 14.8 Å². The van der Waals surface area contributed by atoms with Crippen molar-refractivity contribution in [3.8, 4) is 5.75 Å². The van der Waals surface area contributed by atoms with Gasteiger partial charge in [0, 0.05) is 17.6 Å². The number of pyridine rings is 1. The van der Waals surface area contributed by atoms with Gasteiger partial charge in [-0.3, -0.25) is 9.78 Å². The molecule has 0 saturated carbocycles. The number of hydrogen-bond acceptors (Lipinski definition) is 7. The topological polar surface area (TPSA) is 90.4 Å². The van der Waals surface area contributed by atoms with Gasteiger partial charge in [0.15, 0.2) is 0 Å². The van der Waals surface area contributed by atoms with Crippen molar-refractivity contribution in [2.24, 2.45) is 0 Å². The van der Waals surface area contributed by atoms with E-state index < -0.39 is 11.6 Å². The summed E-state index contributed by atoms with van der Waals surface area (Å²) in [5, 5.41) is 6.04. The molecule has 2 heterocycles. The lowest BCUT2D eigenvalue weighted by molar-refractivity contribution is -0.115. The van der Waals surface area contributed by atoms with Crippen LogP contribution < -0.4 is 10.1 Å². The maximum atomic E-state index is 12.7. The zero-order chi connectivity index (χ0) is 24.9. The molecular formula is C25H28ClN3O4S. The van der Waals surface area contributed by atoms with Gasteiger partial charge in [0.2, 0.25) is 5.91 Å². The monoisotopic (exact) mass is 501 g/mol. The van der Waals surface area contributed by atoms with Crippen molar-refractivity contribution >= 4 is 40.5 Å². The smallest absolute Gasteiger partial charge is 0.340 e. The summed E-state index contributed by atoms with van der Waals surface area (Å²) >= 11 is 7.83. The first-order chi connectivity index (χ1) is 16.0. The molecule has 0 saturated heterocycles. The van der Waals surface area contributed by atoms with Gasteiger partial charge in [0.25, 0.3) is 0 Å². The summed E-state index contributed by atoms with van der Waals surface area (Å²) in [6.07, 6.45) is 1.41. The third-order valence-electron chi connectivity index (χ3n) is 4.57. The van der Waals surface area contributed by atoms with Crippen molar-refractivity contribution in [2.75, 3.05) is 5.32 Å². The van der Waals surface area contributed by atoms with Gasteiger partial charge in [-0.1, -0.05) is 25.4 Å². The highest BCUT2D eigenvalue weighted by atomic mass is 35.5. The molecule has 9 heteroatoms. The summed E-state index contributed by atoms with van der Waals surface area (Å²) in [5.74, 6) is 0.00857. The third kappa shape index (κ3) is 7.27. The number of halogens is 1. The van der Waals surface area contributed by atoms with Crippen LogP contribution in [0.2, 0.25) is 5.02 Å². The Balaban J connectivity index is 1.67. The van der Waals surface area contributed by atoms with Gasteiger partial charge in [-0.15, -0.1) is 11.3 Å². The summed E-state index contributed by atoms with van der Waals surface area (Å²) in [5.41, 5.74) is 1.35. The molecule has 1 aromatic carbocycles. The van der Waals surface area contributed by atoms with E-state index in [1.165, 1.54) is 6.20 Å². The minimum absolute atomic E-state index is 0.117. The van der Waals surface area contributed by atoms with Gasteiger partial charge in [-0.05, 0) is 51.0 Å². The number of nitrogens with zero attached hydrogens (tertiary/aromatic N) is 2. The molecule has 0 radical (unpaired) electrons. The van der Waals surface area contributed by atoms with Gasteiger partial charge in [0.1, 0.15) is 23.0 Å². The van der Waals surface area contributed by atoms with E-state index in [2.05, 4.69) is 29.1 Å². The molecule has 0 spiro atoms. The van der Waals surface area contributed by atoms with Crippen LogP contribution in [0.1, 0.15) is 67.3 Å². The Bertz CT molecular complexity index is 1170. The van der Waals surface area contributed by atoms with Gasteiger partial charge in [-0.25, -0.2) is 9.78 Å². The average molecular weight is 502 g/mol. The number of nitrogens with one attached hydrogen (secondary N) is 1. The van der Waals surface area contributed by atoms with Crippen LogP contribution in [0.5, 0.6) is 5.75 Å². The van der Waals surface area contributed by atoms with Crippen molar-refractivity contribution in [3.63, 3.8) is 0 Å². The summed E-state index contributed by atoms with van der Waals surface area (Å²) in [7, 11) is 0. The zero-order valence-corrected chi connectivity index (χ0v) is 21.4. The lowest BCUT2D eigenvalue weighted by Gasteiger charge is -2.20. The van der Waals surface area contributed by atoms with E-state index >= 15 is 0 Å². The molecule has 0 fully saturated rings. The number of amides is 1. The number of thiazole rings is 1. The van der Waals surface area contributed by atoms with Gasteiger partial charge in [-0.2, -0.15) is 0 Å². The predicted molar refractivity (Wildman–Crippen MR) is 134 cm³/mol. The molecule has 1 N–H and O–H groups in total. The van der Waals surface area contributed by atoms with Crippen LogP contribution in [0.15, 0.2) is 41.9 Å². The van der Waals surface area contributed by atoms with E-state index in [0.717, 1.165) is 10.7 Å². The molecule has 0 aliphatic rings. The van der Waals surface area contributed by atoms with E-state index in [0.29, 0.717) is 34.7 Å². The number of carbonyl (C=O) groups excluding carboxylic acids is 2. The van der Waals surface area contributed by atoms with E-state index in [1.807, 2.05) is 5.38 Å². The lowest BCUT2D eigenvalue weighted by Crippen LogP contribution is -2.25. The fourth-order valence-corrected chi connectivity index (χ4v) is 3.97. The van der Waals surface area contributed by atoms with Crippen LogP contribution in [0.4, 0.5) is 5.69 Å². The number of rotatable bonds is 8. The summed E-state index contributed by atoms with van der Waals surface area (Å²) in [4.78, 5) is 34.0. The minimum Gasteiger partial charge on any atom is -0.486 e. The number of aromatic nitrogens is 2. The molecule has 2 aromatic heterocycles. The van der Waals surface area contributed by atoms with Crippen LogP contribution in [-0.4, -0.2) is 27.4 Å². The first-order valence-corrected chi connectivity index (χ1v) is 12.1. The van der Waals surface area contributed by atoms with Crippen molar-refractivity contribution in [1.82, 2.24) is 9.97 Å². The summed E-state index contributed by atoms with van der Waals surface area (Å²) < 4.78 is 11.3. The second-order valence-corrected chi connectivity index (χ2v) is 10.3. The summed E-state index contributed by atoms with van der Waals surface area (Å²) in [6.45, 7) is 9.84. The molecule has 0 unspecified atom stereocenters. The number of ether oxygens (including phenoxy) is 2. The maximum Gasteiger partial charge on any atom is 0.340 e. The number of anilines is 1. The van der Waals surface area contributed by atoms with Gasteiger partial charge >= 0.3 is 5.97 Å². The van der Waals surface area contributed by atoms with Gasteiger partial charge in [0.05, 0.1) is 34.1 Å². The van der Waals surface area contributed by atoms with Crippen LogP contribution in [0, 0.1) is 0 Å². The molecule has 0 bridgehead atoms. The number of benzene rings is 1. The van der Waals surface area contributed by atoms with Crippen molar-refractivity contribution in [2.45, 2.75) is 59.2 Å².